The van der Waals surface area contributed by atoms with Crippen LogP contribution in [0.3, 0.4) is 0 Å². The number of hydrogen-bond donors (Lipinski definition) is 3. The lowest BCUT2D eigenvalue weighted by Crippen LogP contribution is -1.83. The Bertz CT molecular complexity index is 1600. The van der Waals surface area contributed by atoms with E-state index in [9.17, 15) is 0 Å². The van der Waals surface area contributed by atoms with Crippen molar-refractivity contribution in [3.63, 3.8) is 0 Å². The van der Waals surface area contributed by atoms with Gasteiger partial charge in [0.15, 0.2) is 0 Å². The molecule has 0 atom stereocenters. The highest BCUT2D eigenvalue weighted by atomic mass is 35.5. The number of H-pyrrole nitrogens is 3. The van der Waals surface area contributed by atoms with E-state index in [1.54, 1.807) is 0 Å². The zero-order chi connectivity index (χ0) is 20.9. The minimum absolute atomic E-state index is 0.600. The summed E-state index contributed by atoms with van der Waals surface area (Å²) in [6.45, 7) is 0. The summed E-state index contributed by atoms with van der Waals surface area (Å²) in [5.41, 5.74) is 9.24. The number of benzene rings is 1. The zero-order valence-electron chi connectivity index (χ0n) is 16.2. The zero-order valence-corrected chi connectivity index (χ0v) is 17.7. The largest absolute Gasteiger partial charge is 0.355 e. The van der Waals surface area contributed by atoms with Gasteiger partial charge in [0.2, 0.25) is 0 Å². The van der Waals surface area contributed by atoms with Gasteiger partial charge in [-0.1, -0.05) is 29.3 Å². The van der Waals surface area contributed by atoms with Gasteiger partial charge in [0.1, 0.15) is 0 Å². The number of nitrogens with one attached hydrogen (secondary N) is 3. The van der Waals surface area contributed by atoms with Gasteiger partial charge in [0.05, 0.1) is 16.9 Å². The molecule has 1 aromatic carbocycles. The van der Waals surface area contributed by atoms with Crippen molar-refractivity contribution in [3.8, 4) is 11.1 Å². The quantitative estimate of drug-likeness (QED) is 0.240. The summed E-state index contributed by atoms with van der Waals surface area (Å²) in [4.78, 5) is 15.2. The second-order valence-corrected chi connectivity index (χ2v) is 8.35. The normalized spacial score (nSPS) is 12.1. The third-order valence-corrected chi connectivity index (χ3v) is 6.01. The third-order valence-electron chi connectivity index (χ3n) is 5.38. The summed E-state index contributed by atoms with van der Waals surface area (Å²) in [5.74, 6) is 0. The van der Waals surface area contributed by atoms with Crippen molar-refractivity contribution in [1.82, 2.24) is 19.9 Å². The first-order valence-electron chi connectivity index (χ1n) is 9.86. The van der Waals surface area contributed by atoms with Gasteiger partial charge in [-0.15, -0.1) is 0 Å². The fourth-order valence-corrected chi connectivity index (χ4v) is 4.60. The molecule has 0 unspecified atom stereocenters. The SMILES string of the molecule is Clc1cccc(Cl)c1-c1cc2cc3ccc(cc4ccc(cc5nc(c1[nH]2)C=C5)[nH]4)[nH]3. The molecule has 150 valence electrons. The van der Waals surface area contributed by atoms with Crippen molar-refractivity contribution >= 4 is 68.5 Å². The first-order chi connectivity index (χ1) is 15.1. The summed E-state index contributed by atoms with van der Waals surface area (Å²) in [7, 11) is 0. The van der Waals surface area contributed by atoms with Crippen LogP contribution in [0.25, 0.3) is 56.4 Å². The minimum atomic E-state index is 0.600. The monoisotopic (exact) mass is 442 g/mol. The number of fused-ring (bicyclic) bond motifs is 9. The number of hydrogen-bond acceptors (Lipinski definition) is 1. The van der Waals surface area contributed by atoms with Gasteiger partial charge < -0.3 is 15.0 Å². The number of halogens is 2. The molecule has 4 nitrogen and oxygen atoms in total. The standard InChI is InChI=1S/C25H16Cl2N4/c26-21-2-1-3-22(27)24(21)20-13-19-12-17-7-6-15(29-17)10-14-4-5-16(28-14)11-18-8-9-23(30-18)25(20)31-19/h1-13,28-29,31H. The Morgan fingerprint density at radius 3 is 1.90 bits per heavy atom. The molecule has 0 spiro atoms. The molecule has 5 aromatic rings. The Morgan fingerprint density at radius 1 is 0.613 bits per heavy atom. The van der Waals surface area contributed by atoms with Crippen molar-refractivity contribution in [2.24, 2.45) is 0 Å². The number of aromatic amines is 3. The maximum absolute atomic E-state index is 6.55. The fraction of sp³-hybridized carbons (Fsp3) is 0. The maximum atomic E-state index is 6.55. The molecule has 0 aliphatic carbocycles. The molecule has 6 rings (SSSR count). The molecule has 3 N–H and O–H groups in total. The van der Waals surface area contributed by atoms with E-state index in [-0.39, 0.29) is 0 Å². The first kappa shape index (κ1) is 18.3. The van der Waals surface area contributed by atoms with Gasteiger partial charge in [0.25, 0.3) is 0 Å². The molecule has 0 radical (unpaired) electrons. The molecular formula is C25H16Cl2N4. The van der Waals surface area contributed by atoms with E-state index in [0.29, 0.717) is 10.0 Å². The molecule has 1 aliphatic rings. The Labute approximate surface area is 187 Å². The van der Waals surface area contributed by atoms with Gasteiger partial charge in [-0.2, -0.15) is 0 Å². The highest BCUT2D eigenvalue weighted by Gasteiger charge is 2.15. The second-order valence-electron chi connectivity index (χ2n) is 7.54. The first-order valence-corrected chi connectivity index (χ1v) is 10.6. The lowest BCUT2D eigenvalue weighted by atomic mass is 10.1. The van der Waals surface area contributed by atoms with Crippen LogP contribution >= 0.6 is 23.2 Å². The molecule has 8 bridgehead atoms. The molecule has 0 saturated carbocycles. The van der Waals surface area contributed by atoms with Gasteiger partial charge in [-0.05, 0) is 72.8 Å². The molecule has 4 aromatic heterocycles. The highest BCUT2D eigenvalue weighted by molar-refractivity contribution is 6.39. The predicted octanol–water partition coefficient (Wildman–Crippen LogP) is 7.67. The average Bonchev–Trinajstić information content (AvgIpc) is 3.51. The van der Waals surface area contributed by atoms with E-state index in [2.05, 4.69) is 51.4 Å². The molecule has 0 amide bonds. The Morgan fingerprint density at radius 2 is 1.23 bits per heavy atom. The molecular weight excluding hydrogens is 427 g/mol. The van der Waals surface area contributed by atoms with Crippen LogP contribution in [-0.2, 0) is 0 Å². The molecule has 31 heavy (non-hydrogen) atoms. The lowest BCUT2D eigenvalue weighted by Gasteiger charge is -2.05. The van der Waals surface area contributed by atoms with Crippen LogP contribution in [0.15, 0.2) is 66.7 Å². The van der Waals surface area contributed by atoms with Crippen LogP contribution in [0.5, 0.6) is 0 Å². The fourth-order valence-electron chi connectivity index (χ4n) is 4.00. The Kier molecular flexibility index (Phi) is 4.16. The second kappa shape index (κ2) is 7.05. The Hall–Kier alpha value is -3.47. The molecule has 0 saturated heterocycles. The van der Waals surface area contributed by atoms with Gasteiger partial charge in [-0.25, -0.2) is 4.98 Å². The van der Waals surface area contributed by atoms with E-state index in [0.717, 1.165) is 55.6 Å². The molecule has 1 aliphatic heterocycles. The summed E-state index contributed by atoms with van der Waals surface area (Å²) in [6, 6.07) is 22.0. The van der Waals surface area contributed by atoms with Crippen LogP contribution < -0.4 is 0 Å². The van der Waals surface area contributed by atoms with Crippen molar-refractivity contribution in [1.29, 1.82) is 0 Å². The van der Waals surface area contributed by atoms with Gasteiger partial charge in [-0.3, -0.25) is 0 Å². The van der Waals surface area contributed by atoms with E-state index in [1.807, 2.05) is 42.5 Å². The summed E-state index contributed by atoms with van der Waals surface area (Å²) in [6.07, 6.45) is 4.01. The topological polar surface area (TPSA) is 60.3 Å². The highest BCUT2D eigenvalue weighted by Crippen LogP contribution is 2.39. The number of rotatable bonds is 1. The van der Waals surface area contributed by atoms with Crippen LogP contribution in [0.4, 0.5) is 0 Å². The predicted molar refractivity (Wildman–Crippen MR) is 131 cm³/mol. The molecule has 6 heteroatoms. The lowest BCUT2D eigenvalue weighted by molar-refractivity contribution is 1.32. The van der Waals surface area contributed by atoms with E-state index in [1.165, 1.54) is 0 Å². The third kappa shape index (κ3) is 3.30. The average molecular weight is 443 g/mol. The summed E-state index contributed by atoms with van der Waals surface area (Å²) >= 11 is 13.1. The van der Waals surface area contributed by atoms with Crippen LogP contribution in [0, 0.1) is 0 Å². The summed E-state index contributed by atoms with van der Waals surface area (Å²) < 4.78 is 0. The number of aromatic nitrogens is 4. The molecule has 5 heterocycles. The van der Waals surface area contributed by atoms with Crippen LogP contribution in [-0.4, -0.2) is 19.9 Å². The van der Waals surface area contributed by atoms with Gasteiger partial charge >= 0.3 is 0 Å². The number of nitrogens with zero attached hydrogens (tertiary/aromatic N) is 1. The van der Waals surface area contributed by atoms with Gasteiger partial charge in [0, 0.05) is 48.8 Å². The van der Waals surface area contributed by atoms with Crippen LogP contribution in [0.2, 0.25) is 10.0 Å². The van der Waals surface area contributed by atoms with Crippen LogP contribution in [0.1, 0.15) is 11.4 Å². The van der Waals surface area contributed by atoms with Crippen molar-refractivity contribution in [2.45, 2.75) is 0 Å². The van der Waals surface area contributed by atoms with Crippen molar-refractivity contribution in [3.05, 3.63) is 88.2 Å². The summed E-state index contributed by atoms with van der Waals surface area (Å²) in [5, 5.41) is 1.20. The van der Waals surface area contributed by atoms with Crippen molar-refractivity contribution < 1.29 is 0 Å². The van der Waals surface area contributed by atoms with E-state index >= 15 is 0 Å². The smallest absolute Gasteiger partial charge is 0.0878 e. The maximum Gasteiger partial charge on any atom is 0.0878 e. The van der Waals surface area contributed by atoms with Crippen molar-refractivity contribution in [2.75, 3.05) is 0 Å². The minimum Gasteiger partial charge on any atom is -0.355 e. The van der Waals surface area contributed by atoms with E-state index < -0.39 is 0 Å². The van der Waals surface area contributed by atoms with E-state index in [4.69, 9.17) is 28.2 Å². The molecule has 0 fully saturated rings. The Balaban J connectivity index is 1.76.